The van der Waals surface area contributed by atoms with Crippen LogP contribution in [0.3, 0.4) is 0 Å². The summed E-state index contributed by atoms with van der Waals surface area (Å²) < 4.78 is 5.62. The van der Waals surface area contributed by atoms with Gasteiger partial charge in [-0.05, 0) is 31.2 Å². The van der Waals surface area contributed by atoms with Crippen LogP contribution in [0.25, 0.3) is 0 Å². The summed E-state index contributed by atoms with van der Waals surface area (Å²) in [6.07, 6.45) is 4.64. The highest BCUT2D eigenvalue weighted by Gasteiger charge is 2.17. The van der Waals surface area contributed by atoms with Crippen molar-refractivity contribution >= 4 is 5.91 Å². The summed E-state index contributed by atoms with van der Waals surface area (Å²) in [6, 6.07) is 8.84. The number of nitrogens with two attached hydrogens (primary N) is 1. The Kier molecular flexibility index (Phi) is 5.36. The molecule has 3 N–H and O–H groups in total. The molecule has 1 saturated heterocycles. The first-order chi connectivity index (χ1) is 9.27. The van der Waals surface area contributed by atoms with Crippen LogP contribution in [0.15, 0.2) is 30.3 Å². The second-order valence-electron chi connectivity index (χ2n) is 4.96. The number of hydrogen-bond acceptors (Lipinski definition) is 3. The molecular weight excluding hydrogens is 240 g/mol. The smallest absolute Gasteiger partial charge is 0.241 e. The van der Waals surface area contributed by atoms with Crippen LogP contribution in [0.5, 0.6) is 0 Å². The van der Waals surface area contributed by atoms with Gasteiger partial charge in [0.2, 0.25) is 5.91 Å². The van der Waals surface area contributed by atoms with Crippen molar-refractivity contribution in [1.29, 1.82) is 0 Å². The molecule has 1 amide bonds. The second-order valence-corrected chi connectivity index (χ2v) is 4.96. The molecule has 1 unspecified atom stereocenters. The second kappa shape index (κ2) is 7.26. The Morgan fingerprint density at radius 3 is 2.84 bits per heavy atom. The van der Waals surface area contributed by atoms with Gasteiger partial charge in [-0.25, -0.2) is 0 Å². The Morgan fingerprint density at radius 2 is 2.16 bits per heavy atom. The fourth-order valence-corrected chi connectivity index (χ4v) is 2.31. The molecule has 0 aromatic heterocycles. The van der Waals surface area contributed by atoms with E-state index in [1.54, 1.807) is 0 Å². The molecular formula is C15H22N2O2. The average Bonchev–Trinajstić information content (AvgIpc) is 2.48. The minimum absolute atomic E-state index is 0.123. The Hall–Kier alpha value is -1.39. The highest BCUT2D eigenvalue weighted by atomic mass is 16.5. The number of ether oxygens (including phenoxy) is 1. The first kappa shape index (κ1) is 14.0. The normalized spacial score (nSPS) is 20.8. The SMILES string of the molecule is N[C@@H](C(=O)NCCC1CCCCO1)c1ccccc1. The summed E-state index contributed by atoms with van der Waals surface area (Å²) in [7, 11) is 0. The molecule has 2 rings (SSSR count). The largest absolute Gasteiger partial charge is 0.378 e. The molecule has 1 aromatic carbocycles. The van der Waals surface area contributed by atoms with E-state index in [0.717, 1.165) is 31.4 Å². The molecule has 1 fully saturated rings. The fraction of sp³-hybridized carbons (Fsp3) is 0.533. The molecule has 0 bridgehead atoms. The molecule has 1 aromatic rings. The van der Waals surface area contributed by atoms with Crippen molar-refractivity contribution in [3.8, 4) is 0 Å². The van der Waals surface area contributed by atoms with Gasteiger partial charge in [0, 0.05) is 13.2 Å². The van der Waals surface area contributed by atoms with Gasteiger partial charge in [0.05, 0.1) is 6.10 Å². The summed E-state index contributed by atoms with van der Waals surface area (Å²) in [5, 5.41) is 2.88. The maximum absolute atomic E-state index is 11.9. The minimum atomic E-state index is -0.589. The van der Waals surface area contributed by atoms with Gasteiger partial charge in [0.15, 0.2) is 0 Å². The van der Waals surface area contributed by atoms with Crippen LogP contribution in [0, 0.1) is 0 Å². The van der Waals surface area contributed by atoms with Gasteiger partial charge >= 0.3 is 0 Å². The molecule has 2 atom stereocenters. The predicted molar refractivity (Wildman–Crippen MR) is 74.6 cm³/mol. The van der Waals surface area contributed by atoms with E-state index in [1.165, 1.54) is 6.42 Å². The van der Waals surface area contributed by atoms with Crippen molar-refractivity contribution in [2.75, 3.05) is 13.2 Å². The molecule has 4 heteroatoms. The Labute approximate surface area is 114 Å². The molecule has 1 aliphatic rings. The van der Waals surface area contributed by atoms with Gasteiger partial charge in [-0.2, -0.15) is 0 Å². The van der Waals surface area contributed by atoms with Crippen molar-refractivity contribution in [3.05, 3.63) is 35.9 Å². The molecule has 0 radical (unpaired) electrons. The average molecular weight is 262 g/mol. The van der Waals surface area contributed by atoms with Gasteiger partial charge in [0.1, 0.15) is 6.04 Å². The van der Waals surface area contributed by atoms with Crippen LogP contribution < -0.4 is 11.1 Å². The molecule has 1 aliphatic heterocycles. The summed E-state index contributed by atoms with van der Waals surface area (Å²) in [4.78, 5) is 11.9. The number of hydrogen-bond donors (Lipinski definition) is 2. The molecule has 19 heavy (non-hydrogen) atoms. The van der Waals surface area contributed by atoms with E-state index < -0.39 is 6.04 Å². The minimum Gasteiger partial charge on any atom is -0.378 e. The Balaban J connectivity index is 1.72. The number of carbonyl (C=O) groups is 1. The lowest BCUT2D eigenvalue weighted by molar-refractivity contribution is -0.122. The molecule has 0 saturated carbocycles. The summed E-state index contributed by atoms with van der Waals surface area (Å²) in [5.74, 6) is -0.123. The van der Waals surface area contributed by atoms with E-state index in [2.05, 4.69) is 5.32 Å². The summed E-state index contributed by atoms with van der Waals surface area (Å²) in [5.41, 5.74) is 6.76. The van der Waals surface area contributed by atoms with Crippen LogP contribution >= 0.6 is 0 Å². The standard InChI is InChI=1S/C15H22N2O2/c16-14(12-6-2-1-3-7-12)15(18)17-10-9-13-8-4-5-11-19-13/h1-3,6-7,13-14H,4-5,8-11,16H2,(H,17,18)/t13?,14-/m1/s1. The number of benzene rings is 1. The van der Waals surface area contributed by atoms with Gasteiger partial charge in [-0.15, -0.1) is 0 Å². The third-order valence-electron chi connectivity index (χ3n) is 3.48. The van der Waals surface area contributed by atoms with Gasteiger partial charge in [0.25, 0.3) is 0 Å². The topological polar surface area (TPSA) is 64.4 Å². The van der Waals surface area contributed by atoms with Crippen molar-refractivity contribution < 1.29 is 9.53 Å². The zero-order chi connectivity index (χ0) is 13.5. The zero-order valence-corrected chi connectivity index (χ0v) is 11.2. The molecule has 0 spiro atoms. The summed E-state index contributed by atoms with van der Waals surface area (Å²) >= 11 is 0. The van der Waals surface area contributed by atoms with Gasteiger partial charge in [-0.1, -0.05) is 30.3 Å². The number of amides is 1. The highest BCUT2D eigenvalue weighted by Crippen LogP contribution is 2.15. The zero-order valence-electron chi connectivity index (χ0n) is 11.2. The molecule has 0 aliphatic carbocycles. The number of nitrogens with one attached hydrogen (secondary N) is 1. The highest BCUT2D eigenvalue weighted by molar-refractivity contribution is 5.82. The van der Waals surface area contributed by atoms with E-state index in [4.69, 9.17) is 10.5 Å². The lowest BCUT2D eigenvalue weighted by Gasteiger charge is -2.22. The Morgan fingerprint density at radius 1 is 1.37 bits per heavy atom. The maximum Gasteiger partial charge on any atom is 0.241 e. The quantitative estimate of drug-likeness (QED) is 0.850. The molecule has 1 heterocycles. The Bertz CT molecular complexity index is 388. The maximum atomic E-state index is 11.9. The lowest BCUT2D eigenvalue weighted by Crippen LogP contribution is -2.36. The van der Waals surface area contributed by atoms with Gasteiger partial charge in [-0.3, -0.25) is 4.79 Å². The molecule has 104 valence electrons. The first-order valence-corrected chi connectivity index (χ1v) is 6.97. The van der Waals surface area contributed by atoms with Crippen LogP contribution in [0.4, 0.5) is 0 Å². The lowest BCUT2D eigenvalue weighted by atomic mass is 10.1. The van der Waals surface area contributed by atoms with Crippen molar-refractivity contribution in [3.63, 3.8) is 0 Å². The molecule has 4 nitrogen and oxygen atoms in total. The third-order valence-corrected chi connectivity index (χ3v) is 3.48. The van der Waals surface area contributed by atoms with E-state index in [0.29, 0.717) is 12.6 Å². The van der Waals surface area contributed by atoms with Crippen LogP contribution in [0.1, 0.15) is 37.3 Å². The number of carbonyl (C=O) groups excluding carboxylic acids is 1. The van der Waals surface area contributed by atoms with E-state index in [9.17, 15) is 4.79 Å². The first-order valence-electron chi connectivity index (χ1n) is 6.97. The van der Waals surface area contributed by atoms with Crippen molar-refractivity contribution in [2.45, 2.75) is 37.8 Å². The van der Waals surface area contributed by atoms with E-state index in [-0.39, 0.29) is 5.91 Å². The summed E-state index contributed by atoms with van der Waals surface area (Å²) in [6.45, 7) is 1.48. The van der Waals surface area contributed by atoms with Crippen LogP contribution in [-0.2, 0) is 9.53 Å². The van der Waals surface area contributed by atoms with Crippen LogP contribution in [-0.4, -0.2) is 25.2 Å². The number of rotatable bonds is 5. The third kappa shape index (κ3) is 4.33. The van der Waals surface area contributed by atoms with Crippen molar-refractivity contribution in [1.82, 2.24) is 5.32 Å². The fourth-order valence-electron chi connectivity index (χ4n) is 2.31. The van der Waals surface area contributed by atoms with E-state index in [1.807, 2.05) is 30.3 Å². The predicted octanol–water partition coefficient (Wildman–Crippen LogP) is 1.76. The van der Waals surface area contributed by atoms with Crippen LogP contribution in [0.2, 0.25) is 0 Å². The van der Waals surface area contributed by atoms with Crippen molar-refractivity contribution in [2.24, 2.45) is 5.73 Å². The monoisotopic (exact) mass is 262 g/mol. The van der Waals surface area contributed by atoms with Gasteiger partial charge < -0.3 is 15.8 Å². The van der Waals surface area contributed by atoms with E-state index >= 15 is 0 Å².